The number of methoxy groups -OCH3 is 1. The fraction of sp³-hybridized carbons (Fsp3) is 0.348. The van der Waals surface area contributed by atoms with Crippen molar-refractivity contribution >= 4 is 47.0 Å². The van der Waals surface area contributed by atoms with Gasteiger partial charge in [0.25, 0.3) is 5.91 Å². The largest absolute Gasteiger partial charge is 0.465 e. The number of alkyl carbamates (subject to hydrolysis) is 1. The molecule has 2 aromatic rings. The van der Waals surface area contributed by atoms with Gasteiger partial charge in [0.05, 0.1) is 24.9 Å². The molecule has 1 aliphatic heterocycles. The molecule has 0 spiro atoms. The minimum Gasteiger partial charge on any atom is -0.465 e. The van der Waals surface area contributed by atoms with Crippen molar-refractivity contribution in [3.05, 3.63) is 58.4 Å². The average molecular weight is 495 g/mol. The van der Waals surface area contributed by atoms with Crippen molar-refractivity contribution < 1.29 is 28.2 Å². The molecule has 1 aliphatic rings. The van der Waals surface area contributed by atoms with E-state index in [0.29, 0.717) is 15.6 Å². The van der Waals surface area contributed by atoms with E-state index < -0.39 is 35.4 Å². The zero-order chi connectivity index (χ0) is 24.3. The monoisotopic (exact) mass is 494 g/mol. The maximum atomic E-state index is 14.6. The molecule has 0 aromatic heterocycles. The number of thioether (sulfide) groups is 1. The molecule has 0 aliphatic carbocycles. The number of rotatable bonds is 4. The lowest BCUT2D eigenvalue weighted by molar-refractivity contribution is -0.120. The highest BCUT2D eigenvalue weighted by atomic mass is 35.5. The first-order chi connectivity index (χ1) is 15.5. The van der Waals surface area contributed by atoms with Gasteiger partial charge in [0.15, 0.2) is 0 Å². The fourth-order valence-electron chi connectivity index (χ4n) is 3.18. The summed E-state index contributed by atoms with van der Waals surface area (Å²) in [6.45, 7) is 5.27. The summed E-state index contributed by atoms with van der Waals surface area (Å²) in [5.74, 6) is -1.89. The maximum absolute atomic E-state index is 14.6. The first-order valence-electron chi connectivity index (χ1n) is 10.1. The van der Waals surface area contributed by atoms with E-state index in [9.17, 15) is 18.8 Å². The summed E-state index contributed by atoms with van der Waals surface area (Å²) in [5.41, 5.74) is 0.0697. The van der Waals surface area contributed by atoms with Gasteiger partial charge in [-0.05, 0) is 50.6 Å². The molecular weight excluding hydrogens is 471 g/mol. The standard InChI is InChI=1S/C23H24ClFN2O5S/c1-23(2,3)32-22(30)26-17-12-33-19-10-16(25)15(21(29)31-4)9-18(19)27(20(17)28)11-13-5-7-14(24)8-6-13/h5-10,17H,11-12H2,1-4H3,(H,26,30). The molecule has 2 aromatic carbocycles. The number of hydrogen-bond donors (Lipinski definition) is 1. The van der Waals surface area contributed by atoms with E-state index in [2.05, 4.69) is 10.1 Å². The van der Waals surface area contributed by atoms with Crippen LogP contribution in [0, 0.1) is 5.82 Å². The molecule has 0 bridgehead atoms. The van der Waals surface area contributed by atoms with Crippen LogP contribution in [0.2, 0.25) is 5.02 Å². The smallest absolute Gasteiger partial charge is 0.408 e. The van der Waals surface area contributed by atoms with Crippen molar-refractivity contribution in [1.29, 1.82) is 0 Å². The number of halogens is 2. The van der Waals surface area contributed by atoms with Crippen LogP contribution in [0.3, 0.4) is 0 Å². The highest BCUT2D eigenvalue weighted by Gasteiger charge is 2.34. The Morgan fingerprint density at radius 2 is 1.91 bits per heavy atom. The summed E-state index contributed by atoms with van der Waals surface area (Å²) in [6, 6.07) is 8.46. The number of fused-ring (bicyclic) bond motifs is 1. The second-order valence-electron chi connectivity index (χ2n) is 8.35. The van der Waals surface area contributed by atoms with Gasteiger partial charge in [-0.3, -0.25) is 4.79 Å². The highest BCUT2D eigenvalue weighted by molar-refractivity contribution is 7.99. The Labute approximate surface area is 200 Å². The number of amides is 2. The van der Waals surface area contributed by atoms with Crippen molar-refractivity contribution in [2.24, 2.45) is 0 Å². The molecule has 1 heterocycles. The SMILES string of the molecule is COC(=O)c1cc2c(cc1F)SCC(NC(=O)OC(C)(C)C)C(=O)N2Cc1ccc(Cl)cc1. The molecule has 0 saturated carbocycles. The van der Waals surface area contributed by atoms with E-state index in [1.54, 1.807) is 45.0 Å². The van der Waals surface area contributed by atoms with Crippen molar-refractivity contribution in [3.63, 3.8) is 0 Å². The lowest BCUT2D eigenvalue weighted by atomic mass is 10.1. The summed E-state index contributed by atoms with van der Waals surface area (Å²) in [4.78, 5) is 39.8. The highest BCUT2D eigenvalue weighted by Crippen LogP contribution is 2.37. The van der Waals surface area contributed by atoms with Gasteiger partial charge >= 0.3 is 12.1 Å². The summed E-state index contributed by atoms with van der Waals surface area (Å²) < 4.78 is 24.6. The molecule has 0 radical (unpaired) electrons. The summed E-state index contributed by atoms with van der Waals surface area (Å²) in [5, 5.41) is 3.15. The topological polar surface area (TPSA) is 84.9 Å². The minimum atomic E-state index is -0.936. The van der Waals surface area contributed by atoms with E-state index in [-0.39, 0.29) is 17.9 Å². The number of ether oxygens (including phenoxy) is 2. The minimum absolute atomic E-state index is 0.113. The number of esters is 1. The third-order valence-corrected chi connectivity index (χ3v) is 6.05. The van der Waals surface area contributed by atoms with Gasteiger partial charge in [-0.2, -0.15) is 0 Å². The van der Waals surface area contributed by atoms with Crippen molar-refractivity contribution in [2.45, 2.75) is 43.9 Å². The zero-order valence-corrected chi connectivity index (χ0v) is 20.2. The Morgan fingerprint density at radius 1 is 1.24 bits per heavy atom. The van der Waals surface area contributed by atoms with Crippen LogP contribution in [0.15, 0.2) is 41.3 Å². The van der Waals surface area contributed by atoms with Crippen LogP contribution in [0.1, 0.15) is 36.7 Å². The van der Waals surface area contributed by atoms with E-state index in [1.165, 1.54) is 28.8 Å². The molecule has 176 valence electrons. The van der Waals surface area contributed by atoms with Crippen LogP contribution < -0.4 is 10.2 Å². The van der Waals surface area contributed by atoms with Crippen molar-refractivity contribution in [1.82, 2.24) is 5.32 Å². The Kier molecular flexibility index (Phi) is 7.54. The van der Waals surface area contributed by atoms with Crippen LogP contribution in [-0.4, -0.2) is 42.5 Å². The molecule has 10 heteroatoms. The van der Waals surface area contributed by atoms with Gasteiger partial charge < -0.3 is 19.7 Å². The second-order valence-corrected chi connectivity index (χ2v) is 9.85. The number of carbonyl (C=O) groups is 3. The molecule has 33 heavy (non-hydrogen) atoms. The first kappa shape index (κ1) is 24.9. The normalized spacial score (nSPS) is 16.0. The number of carbonyl (C=O) groups excluding carboxylic acids is 3. The van der Waals surface area contributed by atoms with Gasteiger partial charge in [-0.15, -0.1) is 11.8 Å². The number of anilines is 1. The predicted molar refractivity (Wildman–Crippen MR) is 124 cm³/mol. The van der Waals surface area contributed by atoms with E-state index in [0.717, 1.165) is 12.7 Å². The fourth-order valence-corrected chi connectivity index (χ4v) is 4.38. The van der Waals surface area contributed by atoms with Crippen LogP contribution in [0.4, 0.5) is 14.9 Å². The molecule has 7 nitrogen and oxygen atoms in total. The third kappa shape index (κ3) is 6.17. The average Bonchev–Trinajstić information content (AvgIpc) is 2.85. The van der Waals surface area contributed by atoms with Crippen LogP contribution >= 0.6 is 23.4 Å². The molecule has 1 N–H and O–H groups in total. The number of nitrogens with zero attached hydrogens (tertiary/aromatic N) is 1. The number of hydrogen-bond acceptors (Lipinski definition) is 6. The number of benzene rings is 2. The Balaban J connectivity index is 2.01. The Morgan fingerprint density at radius 3 is 2.52 bits per heavy atom. The number of nitrogens with one attached hydrogen (secondary N) is 1. The summed E-state index contributed by atoms with van der Waals surface area (Å²) in [7, 11) is 1.15. The van der Waals surface area contributed by atoms with Gasteiger partial charge in [-0.25, -0.2) is 14.0 Å². The van der Waals surface area contributed by atoms with Crippen molar-refractivity contribution in [3.8, 4) is 0 Å². The molecule has 0 saturated heterocycles. The summed E-state index contributed by atoms with van der Waals surface area (Å²) >= 11 is 7.17. The molecule has 0 fully saturated rings. The van der Waals surface area contributed by atoms with Gasteiger partial charge in [-0.1, -0.05) is 23.7 Å². The molecule has 2 amide bonds. The van der Waals surface area contributed by atoms with E-state index in [4.69, 9.17) is 16.3 Å². The lowest BCUT2D eigenvalue weighted by Crippen LogP contribution is -2.50. The quantitative estimate of drug-likeness (QED) is 0.615. The lowest BCUT2D eigenvalue weighted by Gasteiger charge is -2.27. The molecule has 1 unspecified atom stereocenters. The zero-order valence-electron chi connectivity index (χ0n) is 18.6. The molecular formula is C23H24ClFN2O5S. The van der Waals surface area contributed by atoms with Crippen LogP contribution in [-0.2, 0) is 20.8 Å². The van der Waals surface area contributed by atoms with Gasteiger partial charge in [0, 0.05) is 15.7 Å². The molecule has 3 rings (SSSR count). The maximum Gasteiger partial charge on any atom is 0.408 e. The Bertz CT molecular complexity index is 1070. The van der Waals surface area contributed by atoms with Crippen LogP contribution in [0.25, 0.3) is 0 Å². The van der Waals surface area contributed by atoms with E-state index >= 15 is 0 Å². The summed E-state index contributed by atoms with van der Waals surface area (Å²) in [6.07, 6.45) is -0.736. The van der Waals surface area contributed by atoms with Gasteiger partial charge in [0.1, 0.15) is 17.5 Å². The molecule has 1 atom stereocenters. The van der Waals surface area contributed by atoms with Crippen molar-refractivity contribution in [2.75, 3.05) is 17.8 Å². The van der Waals surface area contributed by atoms with Crippen LogP contribution in [0.5, 0.6) is 0 Å². The predicted octanol–water partition coefficient (Wildman–Crippen LogP) is 4.80. The Hall–Kier alpha value is -2.78. The van der Waals surface area contributed by atoms with E-state index in [1.807, 2.05) is 0 Å². The third-order valence-electron chi connectivity index (χ3n) is 4.66. The second kappa shape index (κ2) is 10.0. The van der Waals surface area contributed by atoms with Gasteiger partial charge in [0.2, 0.25) is 0 Å². The first-order valence-corrected chi connectivity index (χ1v) is 11.4.